The highest BCUT2D eigenvalue weighted by Gasteiger charge is 2.07. The second-order valence-corrected chi connectivity index (χ2v) is 4.54. The third-order valence-electron chi connectivity index (χ3n) is 2.71. The van der Waals surface area contributed by atoms with Crippen LogP contribution >= 0.6 is 11.6 Å². The minimum Gasteiger partial charge on any atom is -0.273 e. The number of rotatable bonds is 5. The summed E-state index contributed by atoms with van der Waals surface area (Å²) in [6.07, 6.45) is 0.252. The van der Waals surface area contributed by atoms with Crippen LogP contribution in [0.2, 0.25) is 0 Å². The maximum atomic E-state index is 11.5. The molecule has 0 fully saturated rings. The zero-order valence-corrected chi connectivity index (χ0v) is 11.7. The summed E-state index contributed by atoms with van der Waals surface area (Å²) in [6.45, 7) is 0. The third kappa shape index (κ3) is 3.93. The summed E-state index contributed by atoms with van der Waals surface area (Å²) in [5.74, 6) is 0.0947. The molecule has 4 heteroatoms. The molecule has 20 heavy (non-hydrogen) atoms. The molecule has 0 saturated heterocycles. The minimum atomic E-state index is -0.190. The first kappa shape index (κ1) is 14.3. The second kappa shape index (κ2) is 7.46. The zero-order valence-electron chi connectivity index (χ0n) is 10.9. The van der Waals surface area contributed by atoms with Crippen molar-refractivity contribution < 1.29 is 4.79 Å². The average Bonchev–Trinajstić information content (AvgIpc) is 2.50. The lowest BCUT2D eigenvalue weighted by Crippen LogP contribution is -2.20. The number of nitrogens with zero attached hydrogens (tertiary/aromatic N) is 1. The Labute approximate surface area is 123 Å². The SMILES string of the molecule is O=C(CCCl)NN=C(c1ccccc1)c1ccccc1. The Bertz CT molecular complexity index is 540. The van der Waals surface area contributed by atoms with Crippen LogP contribution < -0.4 is 5.43 Å². The molecule has 0 bridgehead atoms. The predicted octanol–water partition coefficient (Wildman–Crippen LogP) is 3.18. The molecule has 0 atom stereocenters. The number of nitrogens with one attached hydrogen (secondary N) is 1. The lowest BCUT2D eigenvalue weighted by molar-refractivity contribution is -0.120. The number of hydrogen-bond donors (Lipinski definition) is 1. The lowest BCUT2D eigenvalue weighted by Gasteiger charge is -2.07. The minimum absolute atomic E-state index is 0.190. The van der Waals surface area contributed by atoms with Gasteiger partial charge in [0.15, 0.2) is 0 Å². The fraction of sp³-hybridized carbons (Fsp3) is 0.125. The van der Waals surface area contributed by atoms with Gasteiger partial charge in [0, 0.05) is 23.4 Å². The summed E-state index contributed by atoms with van der Waals surface area (Å²) in [4.78, 5) is 11.5. The largest absolute Gasteiger partial charge is 0.273 e. The monoisotopic (exact) mass is 286 g/mol. The van der Waals surface area contributed by atoms with E-state index >= 15 is 0 Å². The van der Waals surface area contributed by atoms with Crippen LogP contribution in [0.25, 0.3) is 0 Å². The highest BCUT2D eigenvalue weighted by atomic mass is 35.5. The van der Waals surface area contributed by atoms with Gasteiger partial charge in [0.05, 0.1) is 5.71 Å². The number of amides is 1. The van der Waals surface area contributed by atoms with Crippen molar-refractivity contribution in [3.8, 4) is 0 Å². The summed E-state index contributed by atoms with van der Waals surface area (Å²) in [5.41, 5.74) is 5.17. The van der Waals surface area contributed by atoms with Crippen molar-refractivity contribution in [1.29, 1.82) is 0 Å². The molecule has 0 spiro atoms. The van der Waals surface area contributed by atoms with Gasteiger partial charge in [0.2, 0.25) is 5.91 Å². The molecule has 0 radical (unpaired) electrons. The fourth-order valence-corrected chi connectivity index (χ4v) is 1.92. The van der Waals surface area contributed by atoms with Gasteiger partial charge in [-0.1, -0.05) is 60.7 Å². The number of alkyl halides is 1. The lowest BCUT2D eigenvalue weighted by atomic mass is 10.0. The van der Waals surface area contributed by atoms with Gasteiger partial charge in [0.25, 0.3) is 0 Å². The molecule has 0 unspecified atom stereocenters. The van der Waals surface area contributed by atoms with Gasteiger partial charge in [-0.05, 0) is 0 Å². The van der Waals surface area contributed by atoms with E-state index in [0.717, 1.165) is 16.8 Å². The number of carbonyl (C=O) groups excluding carboxylic acids is 1. The van der Waals surface area contributed by atoms with E-state index in [0.29, 0.717) is 0 Å². The highest BCUT2D eigenvalue weighted by molar-refractivity contribution is 6.19. The molecule has 0 saturated carbocycles. The Morgan fingerprint density at radius 2 is 1.45 bits per heavy atom. The van der Waals surface area contributed by atoms with Crippen LogP contribution in [-0.2, 0) is 4.79 Å². The Kier molecular flexibility index (Phi) is 5.33. The Morgan fingerprint density at radius 1 is 0.950 bits per heavy atom. The van der Waals surface area contributed by atoms with Crippen molar-refractivity contribution in [3.05, 3.63) is 71.8 Å². The van der Waals surface area contributed by atoms with Gasteiger partial charge in [0.1, 0.15) is 0 Å². The van der Waals surface area contributed by atoms with Crippen LogP contribution in [0.5, 0.6) is 0 Å². The van der Waals surface area contributed by atoms with Crippen molar-refractivity contribution in [2.75, 3.05) is 5.88 Å². The first-order valence-electron chi connectivity index (χ1n) is 6.34. The van der Waals surface area contributed by atoms with Gasteiger partial charge in [-0.3, -0.25) is 4.79 Å². The maximum absolute atomic E-state index is 11.5. The van der Waals surface area contributed by atoms with Crippen LogP contribution in [0.3, 0.4) is 0 Å². The zero-order chi connectivity index (χ0) is 14.2. The first-order chi connectivity index (χ1) is 9.81. The van der Waals surface area contributed by atoms with Crippen LogP contribution in [0.15, 0.2) is 65.8 Å². The molecule has 0 aliphatic heterocycles. The fourth-order valence-electron chi connectivity index (χ4n) is 1.75. The van der Waals surface area contributed by atoms with Gasteiger partial charge < -0.3 is 0 Å². The Hall–Kier alpha value is -2.13. The second-order valence-electron chi connectivity index (χ2n) is 4.17. The molecule has 1 N–H and O–H groups in total. The summed E-state index contributed by atoms with van der Waals surface area (Å²) >= 11 is 5.54. The molecule has 3 nitrogen and oxygen atoms in total. The summed E-state index contributed by atoms with van der Waals surface area (Å²) in [5, 5.41) is 4.24. The molecular weight excluding hydrogens is 272 g/mol. The van der Waals surface area contributed by atoms with E-state index in [2.05, 4.69) is 10.5 Å². The van der Waals surface area contributed by atoms with Gasteiger partial charge in [-0.25, -0.2) is 5.43 Å². The number of hydrazone groups is 1. The quantitative estimate of drug-likeness (QED) is 0.512. The van der Waals surface area contributed by atoms with Crippen molar-refractivity contribution in [2.45, 2.75) is 6.42 Å². The van der Waals surface area contributed by atoms with E-state index in [1.54, 1.807) is 0 Å². The molecule has 1 amide bonds. The molecule has 2 rings (SSSR count). The van der Waals surface area contributed by atoms with Crippen molar-refractivity contribution in [1.82, 2.24) is 5.43 Å². The molecule has 0 aromatic heterocycles. The molecular formula is C16H15ClN2O. The summed E-state index contributed by atoms with van der Waals surface area (Å²) in [7, 11) is 0. The van der Waals surface area contributed by atoms with Gasteiger partial charge in [-0.2, -0.15) is 5.10 Å². The van der Waals surface area contributed by atoms with Crippen molar-refractivity contribution in [3.63, 3.8) is 0 Å². The molecule has 2 aromatic carbocycles. The molecule has 0 aliphatic rings. The van der Waals surface area contributed by atoms with Gasteiger partial charge >= 0.3 is 0 Å². The van der Waals surface area contributed by atoms with E-state index in [4.69, 9.17) is 11.6 Å². The average molecular weight is 287 g/mol. The molecule has 2 aromatic rings. The third-order valence-corrected chi connectivity index (χ3v) is 2.90. The number of halogens is 1. The summed E-state index contributed by atoms with van der Waals surface area (Å²) < 4.78 is 0. The van der Waals surface area contributed by atoms with Gasteiger partial charge in [-0.15, -0.1) is 11.6 Å². The topological polar surface area (TPSA) is 41.5 Å². The standard InChI is InChI=1S/C16H15ClN2O/c17-12-11-15(20)18-19-16(13-7-3-1-4-8-13)14-9-5-2-6-10-14/h1-10H,11-12H2,(H,18,20). The maximum Gasteiger partial charge on any atom is 0.241 e. The highest BCUT2D eigenvalue weighted by Crippen LogP contribution is 2.10. The predicted molar refractivity (Wildman–Crippen MR) is 82.0 cm³/mol. The van der Waals surface area contributed by atoms with E-state index in [1.807, 2.05) is 60.7 Å². The van der Waals surface area contributed by atoms with E-state index in [9.17, 15) is 4.79 Å². The Balaban J connectivity index is 2.30. The smallest absolute Gasteiger partial charge is 0.241 e. The van der Waals surface area contributed by atoms with Crippen LogP contribution in [0.1, 0.15) is 17.5 Å². The molecule has 0 heterocycles. The van der Waals surface area contributed by atoms with E-state index < -0.39 is 0 Å². The number of hydrogen-bond acceptors (Lipinski definition) is 2. The number of benzene rings is 2. The van der Waals surface area contributed by atoms with Crippen molar-refractivity contribution >= 4 is 23.2 Å². The Morgan fingerprint density at radius 3 is 1.90 bits per heavy atom. The van der Waals surface area contributed by atoms with Crippen molar-refractivity contribution in [2.24, 2.45) is 5.10 Å². The number of carbonyl (C=O) groups is 1. The normalized spacial score (nSPS) is 9.85. The summed E-state index contributed by atoms with van der Waals surface area (Å²) in [6, 6.07) is 19.5. The molecule has 0 aliphatic carbocycles. The van der Waals surface area contributed by atoms with Crippen LogP contribution in [0.4, 0.5) is 0 Å². The van der Waals surface area contributed by atoms with E-state index in [1.165, 1.54) is 0 Å². The van der Waals surface area contributed by atoms with Crippen LogP contribution in [0, 0.1) is 0 Å². The molecule has 102 valence electrons. The first-order valence-corrected chi connectivity index (χ1v) is 6.88. The van der Waals surface area contributed by atoms with E-state index in [-0.39, 0.29) is 18.2 Å². The van der Waals surface area contributed by atoms with Crippen LogP contribution in [-0.4, -0.2) is 17.5 Å².